The van der Waals surface area contributed by atoms with E-state index in [0.717, 1.165) is 5.56 Å². The lowest BCUT2D eigenvalue weighted by atomic mass is 9.95. The summed E-state index contributed by atoms with van der Waals surface area (Å²) in [6, 6.07) is 7.30. The van der Waals surface area contributed by atoms with Gasteiger partial charge in [-0.15, -0.1) is 0 Å². The van der Waals surface area contributed by atoms with Gasteiger partial charge in [0.15, 0.2) is 0 Å². The van der Waals surface area contributed by atoms with E-state index in [4.69, 9.17) is 0 Å². The minimum absolute atomic E-state index is 0.235. The van der Waals surface area contributed by atoms with E-state index in [1.807, 2.05) is 30.3 Å². The zero-order chi connectivity index (χ0) is 14.0. The summed E-state index contributed by atoms with van der Waals surface area (Å²) < 4.78 is 39.3. The number of hydrogen-bond acceptors (Lipinski definition) is 2. The van der Waals surface area contributed by atoms with Crippen LogP contribution in [0, 0.1) is 0 Å². The van der Waals surface area contributed by atoms with Crippen molar-refractivity contribution in [3.05, 3.63) is 35.9 Å². The maximum atomic E-state index is 13.1. The van der Waals surface area contributed by atoms with Crippen LogP contribution in [0.5, 0.6) is 0 Å². The summed E-state index contributed by atoms with van der Waals surface area (Å²) in [6.45, 7) is 2.05. The first-order chi connectivity index (χ1) is 8.89. The molecule has 1 aromatic rings. The van der Waals surface area contributed by atoms with Gasteiger partial charge in [-0.05, 0) is 25.3 Å². The number of alkyl halides is 3. The molecule has 1 aliphatic rings. The van der Waals surface area contributed by atoms with E-state index >= 15 is 0 Å². The Labute approximate surface area is 110 Å². The monoisotopic (exact) mass is 273 g/mol. The second-order valence-electron chi connectivity index (χ2n) is 5.06. The van der Waals surface area contributed by atoms with Gasteiger partial charge in [0, 0.05) is 12.6 Å². The summed E-state index contributed by atoms with van der Waals surface area (Å²) in [5.41, 5.74) is 0.869. The Bertz CT molecular complexity index is 407. The SMILES string of the molecule is C[C@H](c1ccccc1)N1CCC(O)C[C@H]1C(F)(F)F. The molecule has 1 unspecified atom stereocenters. The molecular weight excluding hydrogens is 255 g/mol. The van der Waals surface area contributed by atoms with Crippen molar-refractivity contribution in [1.29, 1.82) is 0 Å². The van der Waals surface area contributed by atoms with Gasteiger partial charge in [0.25, 0.3) is 0 Å². The van der Waals surface area contributed by atoms with Crippen LogP contribution < -0.4 is 0 Å². The van der Waals surface area contributed by atoms with Crippen molar-refractivity contribution >= 4 is 0 Å². The Morgan fingerprint density at radius 2 is 1.89 bits per heavy atom. The number of benzene rings is 1. The number of halogens is 3. The maximum absolute atomic E-state index is 13.1. The average Bonchev–Trinajstić information content (AvgIpc) is 2.38. The van der Waals surface area contributed by atoms with Crippen LogP contribution in [0.1, 0.15) is 31.4 Å². The fourth-order valence-corrected chi connectivity index (χ4v) is 2.67. The van der Waals surface area contributed by atoms with E-state index in [1.165, 1.54) is 4.90 Å². The molecule has 0 aliphatic carbocycles. The van der Waals surface area contributed by atoms with E-state index in [-0.39, 0.29) is 19.0 Å². The van der Waals surface area contributed by atoms with Gasteiger partial charge in [-0.3, -0.25) is 4.90 Å². The lowest BCUT2D eigenvalue weighted by Gasteiger charge is -2.42. The molecule has 5 heteroatoms. The molecule has 1 heterocycles. The molecule has 1 fully saturated rings. The van der Waals surface area contributed by atoms with Crippen molar-refractivity contribution in [1.82, 2.24) is 4.90 Å². The number of piperidine rings is 1. The average molecular weight is 273 g/mol. The fourth-order valence-electron chi connectivity index (χ4n) is 2.67. The largest absolute Gasteiger partial charge is 0.404 e. The minimum atomic E-state index is -4.30. The molecule has 0 aromatic heterocycles. The van der Waals surface area contributed by atoms with Crippen molar-refractivity contribution in [2.45, 2.75) is 44.1 Å². The van der Waals surface area contributed by atoms with Crippen molar-refractivity contribution in [3.63, 3.8) is 0 Å². The predicted octanol–water partition coefficient (Wildman–Crippen LogP) is 3.14. The highest BCUT2D eigenvalue weighted by Gasteiger charge is 2.47. The minimum Gasteiger partial charge on any atom is -0.393 e. The first kappa shape index (κ1) is 14.3. The van der Waals surface area contributed by atoms with Gasteiger partial charge in [0.05, 0.1) is 6.10 Å². The number of hydrogen-bond donors (Lipinski definition) is 1. The van der Waals surface area contributed by atoms with E-state index in [2.05, 4.69) is 0 Å². The van der Waals surface area contributed by atoms with Crippen LogP contribution in [-0.2, 0) is 0 Å². The highest BCUT2D eigenvalue weighted by Crippen LogP contribution is 2.36. The van der Waals surface area contributed by atoms with Crippen LogP contribution in [0.4, 0.5) is 13.2 Å². The molecule has 3 atom stereocenters. The third-order valence-corrected chi connectivity index (χ3v) is 3.77. The van der Waals surface area contributed by atoms with E-state index < -0.39 is 18.3 Å². The molecule has 1 N–H and O–H groups in total. The molecule has 1 saturated heterocycles. The van der Waals surface area contributed by atoms with Crippen LogP contribution in [0.15, 0.2) is 30.3 Å². The molecule has 0 saturated carbocycles. The van der Waals surface area contributed by atoms with Gasteiger partial charge in [-0.25, -0.2) is 0 Å². The molecule has 1 aliphatic heterocycles. The van der Waals surface area contributed by atoms with Gasteiger partial charge in [0.1, 0.15) is 6.04 Å². The van der Waals surface area contributed by atoms with E-state index in [9.17, 15) is 18.3 Å². The van der Waals surface area contributed by atoms with Crippen LogP contribution in [0.3, 0.4) is 0 Å². The number of aliphatic hydroxyl groups is 1. The summed E-state index contributed by atoms with van der Waals surface area (Å²) in [5, 5.41) is 9.49. The van der Waals surface area contributed by atoms with Crippen LogP contribution in [0.25, 0.3) is 0 Å². The van der Waals surface area contributed by atoms with Crippen molar-refractivity contribution in [2.24, 2.45) is 0 Å². The third kappa shape index (κ3) is 3.28. The van der Waals surface area contributed by atoms with Crippen molar-refractivity contribution in [3.8, 4) is 0 Å². The predicted molar refractivity (Wildman–Crippen MR) is 66.6 cm³/mol. The second kappa shape index (κ2) is 5.51. The van der Waals surface area contributed by atoms with Crippen LogP contribution >= 0.6 is 0 Å². The highest BCUT2D eigenvalue weighted by molar-refractivity contribution is 5.19. The summed E-state index contributed by atoms with van der Waals surface area (Å²) in [4.78, 5) is 1.45. The highest BCUT2D eigenvalue weighted by atomic mass is 19.4. The van der Waals surface area contributed by atoms with Gasteiger partial charge < -0.3 is 5.11 Å². The molecule has 0 bridgehead atoms. The van der Waals surface area contributed by atoms with E-state index in [1.54, 1.807) is 6.92 Å². The second-order valence-corrected chi connectivity index (χ2v) is 5.06. The summed E-state index contributed by atoms with van der Waals surface area (Å²) in [5.74, 6) is 0. The smallest absolute Gasteiger partial charge is 0.393 e. The molecule has 0 amide bonds. The maximum Gasteiger partial charge on any atom is 0.404 e. The molecule has 1 aromatic carbocycles. The van der Waals surface area contributed by atoms with Gasteiger partial charge in [-0.2, -0.15) is 13.2 Å². The molecule has 2 nitrogen and oxygen atoms in total. The number of aliphatic hydroxyl groups excluding tert-OH is 1. The molecule has 0 radical (unpaired) electrons. The standard InChI is InChI=1S/C14H18F3NO/c1-10(11-5-3-2-4-6-11)18-8-7-12(19)9-13(18)14(15,16)17/h2-6,10,12-13,19H,7-9H2,1H3/t10-,12?,13+/m1/s1. The van der Waals surface area contributed by atoms with E-state index in [0.29, 0.717) is 6.42 Å². The lowest BCUT2D eigenvalue weighted by Crippen LogP contribution is -2.52. The number of rotatable bonds is 2. The quantitative estimate of drug-likeness (QED) is 0.895. The zero-order valence-corrected chi connectivity index (χ0v) is 10.8. The van der Waals surface area contributed by atoms with Gasteiger partial charge >= 0.3 is 6.18 Å². The summed E-state index contributed by atoms with van der Waals surface area (Å²) >= 11 is 0. The Morgan fingerprint density at radius 1 is 1.26 bits per heavy atom. The van der Waals surface area contributed by atoms with Crippen LogP contribution in [-0.4, -0.2) is 34.9 Å². The van der Waals surface area contributed by atoms with Crippen LogP contribution in [0.2, 0.25) is 0 Å². The first-order valence-electron chi connectivity index (χ1n) is 6.45. The first-order valence-corrected chi connectivity index (χ1v) is 6.45. The summed E-state index contributed by atoms with van der Waals surface area (Å²) in [6.07, 6.45) is -5.00. The fraction of sp³-hybridized carbons (Fsp3) is 0.571. The third-order valence-electron chi connectivity index (χ3n) is 3.77. The Morgan fingerprint density at radius 3 is 2.47 bits per heavy atom. The molecule has 0 spiro atoms. The zero-order valence-electron chi connectivity index (χ0n) is 10.8. The Balaban J connectivity index is 2.21. The summed E-state index contributed by atoms with van der Waals surface area (Å²) in [7, 11) is 0. The topological polar surface area (TPSA) is 23.5 Å². The Hall–Kier alpha value is -1.07. The van der Waals surface area contributed by atoms with Gasteiger partial charge in [-0.1, -0.05) is 30.3 Å². The molecule has 106 valence electrons. The van der Waals surface area contributed by atoms with Gasteiger partial charge in [0.2, 0.25) is 0 Å². The number of nitrogens with zero attached hydrogens (tertiary/aromatic N) is 1. The van der Waals surface area contributed by atoms with Crippen molar-refractivity contribution < 1.29 is 18.3 Å². The molecule has 2 rings (SSSR count). The number of likely N-dealkylation sites (tertiary alicyclic amines) is 1. The Kier molecular flexibility index (Phi) is 4.16. The molecule has 19 heavy (non-hydrogen) atoms. The molecular formula is C14H18F3NO. The lowest BCUT2D eigenvalue weighted by molar-refractivity contribution is -0.206. The normalized spacial score (nSPS) is 27.2. The van der Waals surface area contributed by atoms with Crippen molar-refractivity contribution in [2.75, 3.05) is 6.54 Å².